The molecule has 0 unspecified atom stereocenters. The first-order chi connectivity index (χ1) is 12.5. The van der Waals surface area contributed by atoms with Gasteiger partial charge < -0.3 is 29.6 Å². The number of rotatable bonds is 7. The summed E-state index contributed by atoms with van der Waals surface area (Å²) in [6, 6.07) is 10.1. The Balaban J connectivity index is 2.07. The van der Waals surface area contributed by atoms with Gasteiger partial charge in [0, 0.05) is 17.8 Å². The molecule has 7 heteroatoms. The van der Waals surface area contributed by atoms with Gasteiger partial charge in [-0.05, 0) is 38.1 Å². The molecule has 2 aromatic rings. The second kappa shape index (κ2) is 8.84. The van der Waals surface area contributed by atoms with Gasteiger partial charge in [-0.1, -0.05) is 0 Å². The third kappa shape index (κ3) is 4.95. The molecule has 0 saturated heterocycles. The number of methoxy groups -OCH3 is 3. The van der Waals surface area contributed by atoms with Gasteiger partial charge in [-0.15, -0.1) is 0 Å². The zero-order valence-electron chi connectivity index (χ0n) is 15.6. The van der Waals surface area contributed by atoms with E-state index in [1.807, 2.05) is 13.8 Å². The first-order valence-corrected chi connectivity index (χ1v) is 8.11. The van der Waals surface area contributed by atoms with Crippen molar-refractivity contribution >= 4 is 17.4 Å². The minimum absolute atomic E-state index is 0.0946. The molecule has 0 saturated carbocycles. The Kier molecular flexibility index (Phi) is 6.54. The Hall–Kier alpha value is -3.09. The van der Waals surface area contributed by atoms with E-state index in [1.54, 1.807) is 36.4 Å². The average molecular weight is 360 g/mol. The first-order valence-electron chi connectivity index (χ1n) is 8.11. The van der Waals surface area contributed by atoms with Gasteiger partial charge >= 0.3 is 6.03 Å². The smallest absolute Gasteiger partial charge is 0.323 e. The van der Waals surface area contributed by atoms with Crippen LogP contribution in [0, 0.1) is 0 Å². The molecule has 26 heavy (non-hydrogen) atoms. The Bertz CT molecular complexity index is 719. The van der Waals surface area contributed by atoms with Crippen molar-refractivity contribution in [3.8, 4) is 23.0 Å². The van der Waals surface area contributed by atoms with Crippen LogP contribution in [0.2, 0.25) is 0 Å². The Morgan fingerprint density at radius 3 is 1.85 bits per heavy atom. The molecular formula is C19H24N2O5. The average Bonchev–Trinajstić information content (AvgIpc) is 2.61. The van der Waals surface area contributed by atoms with Gasteiger partial charge in [0.1, 0.15) is 5.75 Å². The molecule has 0 aliphatic carbocycles. The maximum atomic E-state index is 12.2. The van der Waals surface area contributed by atoms with Gasteiger partial charge in [0.25, 0.3) is 0 Å². The predicted octanol–water partition coefficient (Wildman–Crippen LogP) is 4.14. The molecule has 0 spiro atoms. The summed E-state index contributed by atoms with van der Waals surface area (Å²) < 4.78 is 21.4. The van der Waals surface area contributed by atoms with Crippen LogP contribution in [-0.2, 0) is 0 Å². The van der Waals surface area contributed by atoms with Gasteiger partial charge in [-0.3, -0.25) is 0 Å². The second-order valence-corrected chi connectivity index (χ2v) is 5.68. The van der Waals surface area contributed by atoms with Crippen LogP contribution in [0.15, 0.2) is 36.4 Å². The van der Waals surface area contributed by atoms with Crippen LogP contribution in [0.25, 0.3) is 0 Å². The van der Waals surface area contributed by atoms with Crippen LogP contribution in [0.5, 0.6) is 23.0 Å². The summed E-state index contributed by atoms with van der Waals surface area (Å²) in [5, 5.41) is 5.50. The van der Waals surface area contributed by atoms with Crippen molar-refractivity contribution in [3.63, 3.8) is 0 Å². The van der Waals surface area contributed by atoms with Crippen LogP contribution in [0.4, 0.5) is 16.2 Å². The zero-order chi connectivity index (χ0) is 19.1. The largest absolute Gasteiger partial charge is 0.493 e. The summed E-state index contributed by atoms with van der Waals surface area (Å²) >= 11 is 0. The van der Waals surface area contributed by atoms with Crippen molar-refractivity contribution in [1.82, 2.24) is 0 Å². The van der Waals surface area contributed by atoms with Crippen molar-refractivity contribution in [1.29, 1.82) is 0 Å². The molecule has 2 amide bonds. The standard InChI is InChI=1S/C19H24N2O5/c1-12(2)26-15-8-6-13(7-9-15)20-19(22)21-14-10-16(23-3)18(25-5)17(11-14)24-4/h6-12H,1-5H3,(H2,20,21,22). The van der Waals surface area contributed by atoms with E-state index < -0.39 is 6.03 Å². The van der Waals surface area contributed by atoms with E-state index in [1.165, 1.54) is 21.3 Å². The quantitative estimate of drug-likeness (QED) is 0.776. The van der Waals surface area contributed by atoms with Gasteiger partial charge in [0.05, 0.1) is 33.1 Å². The lowest BCUT2D eigenvalue weighted by molar-refractivity contribution is 0.242. The lowest BCUT2D eigenvalue weighted by atomic mass is 10.2. The maximum Gasteiger partial charge on any atom is 0.323 e. The van der Waals surface area contributed by atoms with Crippen molar-refractivity contribution in [3.05, 3.63) is 36.4 Å². The van der Waals surface area contributed by atoms with Crippen LogP contribution in [0.3, 0.4) is 0 Å². The summed E-state index contributed by atoms with van der Waals surface area (Å²) in [4.78, 5) is 12.2. The van der Waals surface area contributed by atoms with Crippen LogP contribution >= 0.6 is 0 Å². The SMILES string of the molecule is COc1cc(NC(=O)Nc2ccc(OC(C)C)cc2)cc(OC)c1OC. The molecule has 0 aromatic heterocycles. The monoisotopic (exact) mass is 360 g/mol. The number of carbonyl (C=O) groups is 1. The Labute approximate surface area is 153 Å². The second-order valence-electron chi connectivity index (χ2n) is 5.68. The fourth-order valence-electron chi connectivity index (χ4n) is 2.34. The lowest BCUT2D eigenvalue weighted by Gasteiger charge is -2.15. The highest BCUT2D eigenvalue weighted by Gasteiger charge is 2.14. The fraction of sp³-hybridized carbons (Fsp3) is 0.316. The van der Waals surface area contributed by atoms with E-state index in [2.05, 4.69) is 10.6 Å². The molecule has 0 fully saturated rings. The van der Waals surface area contributed by atoms with Crippen molar-refractivity contribution < 1.29 is 23.7 Å². The van der Waals surface area contributed by atoms with E-state index in [0.717, 1.165) is 5.75 Å². The van der Waals surface area contributed by atoms with Crippen molar-refractivity contribution in [2.24, 2.45) is 0 Å². The summed E-state index contributed by atoms with van der Waals surface area (Å²) in [7, 11) is 4.55. The topological polar surface area (TPSA) is 78.1 Å². The van der Waals surface area contributed by atoms with E-state index in [0.29, 0.717) is 28.6 Å². The number of urea groups is 1. The normalized spacial score (nSPS) is 10.2. The molecule has 0 radical (unpaired) electrons. The number of hydrogen-bond donors (Lipinski definition) is 2. The molecule has 0 bridgehead atoms. The molecule has 7 nitrogen and oxygen atoms in total. The van der Waals surface area contributed by atoms with E-state index in [-0.39, 0.29) is 6.10 Å². The Morgan fingerprint density at radius 2 is 1.38 bits per heavy atom. The maximum absolute atomic E-state index is 12.2. The number of ether oxygens (including phenoxy) is 4. The fourth-order valence-corrected chi connectivity index (χ4v) is 2.34. The van der Waals surface area contributed by atoms with Gasteiger partial charge in [0.15, 0.2) is 11.5 Å². The highest BCUT2D eigenvalue weighted by molar-refractivity contribution is 6.00. The molecule has 0 atom stereocenters. The molecule has 2 N–H and O–H groups in total. The molecule has 0 aliphatic rings. The zero-order valence-corrected chi connectivity index (χ0v) is 15.6. The molecule has 140 valence electrons. The van der Waals surface area contributed by atoms with Gasteiger partial charge in [0.2, 0.25) is 5.75 Å². The number of carbonyl (C=O) groups excluding carboxylic acids is 1. The molecular weight excluding hydrogens is 336 g/mol. The third-order valence-corrected chi connectivity index (χ3v) is 3.41. The summed E-state index contributed by atoms with van der Waals surface area (Å²) in [6.07, 6.45) is 0.0946. The van der Waals surface area contributed by atoms with E-state index in [4.69, 9.17) is 18.9 Å². The molecule has 0 aliphatic heterocycles. The summed E-state index contributed by atoms with van der Waals surface area (Å²) in [5.41, 5.74) is 1.16. The van der Waals surface area contributed by atoms with E-state index >= 15 is 0 Å². The summed E-state index contributed by atoms with van der Waals surface area (Å²) in [5.74, 6) is 2.12. The minimum atomic E-state index is -0.392. The highest BCUT2D eigenvalue weighted by Crippen LogP contribution is 2.39. The van der Waals surface area contributed by atoms with Crippen molar-refractivity contribution in [2.75, 3.05) is 32.0 Å². The lowest BCUT2D eigenvalue weighted by Crippen LogP contribution is -2.19. The number of amides is 2. The Morgan fingerprint density at radius 1 is 0.846 bits per heavy atom. The molecule has 2 rings (SSSR count). The van der Waals surface area contributed by atoms with Gasteiger partial charge in [-0.25, -0.2) is 4.79 Å². The molecule has 0 heterocycles. The summed E-state index contributed by atoms with van der Waals surface area (Å²) in [6.45, 7) is 3.91. The highest BCUT2D eigenvalue weighted by atomic mass is 16.5. The number of anilines is 2. The number of benzene rings is 2. The minimum Gasteiger partial charge on any atom is -0.493 e. The predicted molar refractivity (Wildman–Crippen MR) is 101 cm³/mol. The third-order valence-electron chi connectivity index (χ3n) is 3.41. The van der Waals surface area contributed by atoms with Crippen molar-refractivity contribution in [2.45, 2.75) is 20.0 Å². The number of nitrogens with one attached hydrogen (secondary N) is 2. The first kappa shape index (κ1) is 19.2. The van der Waals surface area contributed by atoms with Gasteiger partial charge in [-0.2, -0.15) is 0 Å². The van der Waals surface area contributed by atoms with E-state index in [9.17, 15) is 4.79 Å². The van der Waals surface area contributed by atoms with Crippen LogP contribution in [-0.4, -0.2) is 33.5 Å². The van der Waals surface area contributed by atoms with Crippen LogP contribution < -0.4 is 29.6 Å². The van der Waals surface area contributed by atoms with Crippen LogP contribution in [0.1, 0.15) is 13.8 Å². The molecule has 2 aromatic carbocycles. The number of hydrogen-bond acceptors (Lipinski definition) is 5.